The first-order valence-electron chi connectivity index (χ1n) is 7.83. The van der Waals surface area contributed by atoms with Crippen LogP contribution in [0, 0.1) is 13.8 Å². The van der Waals surface area contributed by atoms with E-state index in [0.29, 0.717) is 0 Å². The first-order chi connectivity index (χ1) is 11.6. The molecule has 0 unspecified atom stereocenters. The largest absolute Gasteiger partial charge is 0.376 e. The lowest BCUT2D eigenvalue weighted by Crippen LogP contribution is -2.25. The monoisotopic (exact) mass is 320 g/mol. The number of para-hydroxylation sites is 1. The molecule has 3 aromatic rings. The summed E-state index contributed by atoms with van der Waals surface area (Å²) in [5, 5.41) is 8.24. The Morgan fingerprint density at radius 1 is 1.17 bits per heavy atom. The van der Waals surface area contributed by atoms with E-state index in [1.165, 1.54) is 0 Å². The van der Waals surface area contributed by atoms with Crippen LogP contribution in [-0.2, 0) is 4.79 Å². The van der Waals surface area contributed by atoms with Gasteiger partial charge in [-0.25, -0.2) is 5.43 Å². The van der Waals surface area contributed by atoms with Gasteiger partial charge < -0.3 is 10.3 Å². The maximum atomic E-state index is 11.9. The molecular weight excluding hydrogens is 300 g/mol. The molecule has 0 saturated carbocycles. The third-order valence-corrected chi connectivity index (χ3v) is 3.80. The number of aromatic amines is 1. The molecule has 2 aromatic carbocycles. The van der Waals surface area contributed by atoms with Crippen molar-refractivity contribution in [1.82, 2.24) is 10.4 Å². The molecule has 3 N–H and O–H groups in total. The topological polar surface area (TPSA) is 69.3 Å². The fourth-order valence-electron chi connectivity index (χ4n) is 2.61. The molecule has 0 bridgehead atoms. The number of rotatable bonds is 5. The number of carbonyl (C=O) groups is 1. The van der Waals surface area contributed by atoms with Gasteiger partial charge in [0.25, 0.3) is 5.91 Å². The molecule has 1 aromatic heterocycles. The van der Waals surface area contributed by atoms with Crippen molar-refractivity contribution in [3.05, 3.63) is 65.4 Å². The van der Waals surface area contributed by atoms with E-state index in [-0.39, 0.29) is 12.5 Å². The van der Waals surface area contributed by atoms with Gasteiger partial charge in [0.05, 0.1) is 12.8 Å². The fourth-order valence-corrected chi connectivity index (χ4v) is 2.61. The number of hydrogen-bond acceptors (Lipinski definition) is 3. The van der Waals surface area contributed by atoms with Gasteiger partial charge in [-0.2, -0.15) is 5.10 Å². The Bertz CT molecular complexity index is 895. The summed E-state index contributed by atoms with van der Waals surface area (Å²) in [6.45, 7) is 4.18. The van der Waals surface area contributed by atoms with Crippen molar-refractivity contribution in [2.24, 2.45) is 5.10 Å². The Morgan fingerprint density at radius 2 is 2.00 bits per heavy atom. The van der Waals surface area contributed by atoms with Crippen LogP contribution in [0.2, 0.25) is 0 Å². The Kier molecular flexibility index (Phi) is 4.61. The molecule has 0 radical (unpaired) electrons. The number of amides is 1. The number of hydrogen-bond donors (Lipinski definition) is 3. The number of benzene rings is 2. The normalized spacial score (nSPS) is 11.1. The minimum Gasteiger partial charge on any atom is -0.376 e. The van der Waals surface area contributed by atoms with Gasteiger partial charge in [0, 0.05) is 27.8 Å². The third kappa shape index (κ3) is 3.63. The first-order valence-corrected chi connectivity index (χ1v) is 7.83. The molecule has 0 aliphatic heterocycles. The van der Waals surface area contributed by atoms with Gasteiger partial charge >= 0.3 is 0 Å². The maximum Gasteiger partial charge on any atom is 0.259 e. The molecule has 5 heteroatoms. The first kappa shape index (κ1) is 15.8. The summed E-state index contributed by atoms with van der Waals surface area (Å²) >= 11 is 0. The second-order valence-corrected chi connectivity index (χ2v) is 5.73. The van der Waals surface area contributed by atoms with Crippen molar-refractivity contribution in [3.63, 3.8) is 0 Å². The highest BCUT2D eigenvalue weighted by molar-refractivity contribution is 6.00. The van der Waals surface area contributed by atoms with Gasteiger partial charge in [-0.3, -0.25) is 4.79 Å². The molecular formula is C19H20N4O. The zero-order valence-electron chi connectivity index (χ0n) is 13.8. The number of aryl methyl sites for hydroxylation is 2. The van der Waals surface area contributed by atoms with Crippen molar-refractivity contribution in [2.75, 3.05) is 11.9 Å². The van der Waals surface area contributed by atoms with Crippen LogP contribution in [0.3, 0.4) is 0 Å². The standard InChI is InChI=1S/C19H20N4O/c1-13-6-5-7-15(10-13)20-12-19(24)23-21-11-17-14(2)22-18-9-4-3-8-16(17)18/h3-11,20,22H,12H2,1-2H3,(H,23,24)/b21-11+. The number of anilines is 1. The Labute approximate surface area is 140 Å². The van der Waals surface area contributed by atoms with Gasteiger partial charge in [-0.05, 0) is 37.6 Å². The van der Waals surface area contributed by atoms with Gasteiger partial charge in [-0.15, -0.1) is 0 Å². The summed E-state index contributed by atoms with van der Waals surface area (Å²) < 4.78 is 0. The van der Waals surface area contributed by atoms with Crippen molar-refractivity contribution in [2.45, 2.75) is 13.8 Å². The van der Waals surface area contributed by atoms with Gasteiger partial charge in [0.15, 0.2) is 0 Å². The van der Waals surface area contributed by atoms with E-state index >= 15 is 0 Å². The lowest BCUT2D eigenvalue weighted by Gasteiger charge is -2.05. The van der Waals surface area contributed by atoms with Gasteiger partial charge in [0.1, 0.15) is 0 Å². The van der Waals surface area contributed by atoms with E-state index in [0.717, 1.165) is 33.4 Å². The number of nitrogens with one attached hydrogen (secondary N) is 3. The number of nitrogens with zero attached hydrogens (tertiary/aromatic N) is 1. The molecule has 0 aliphatic carbocycles. The minimum atomic E-state index is -0.190. The number of carbonyl (C=O) groups excluding carboxylic acids is 1. The van der Waals surface area contributed by atoms with E-state index in [1.54, 1.807) is 6.21 Å². The van der Waals surface area contributed by atoms with Crippen LogP contribution in [0.1, 0.15) is 16.8 Å². The van der Waals surface area contributed by atoms with Crippen LogP contribution in [0.15, 0.2) is 53.6 Å². The summed E-state index contributed by atoms with van der Waals surface area (Å²) in [6.07, 6.45) is 1.68. The van der Waals surface area contributed by atoms with Crippen molar-refractivity contribution >= 4 is 28.7 Å². The summed E-state index contributed by atoms with van der Waals surface area (Å²) in [4.78, 5) is 15.2. The van der Waals surface area contributed by atoms with E-state index in [9.17, 15) is 4.79 Å². The predicted molar refractivity (Wildman–Crippen MR) is 98.4 cm³/mol. The third-order valence-electron chi connectivity index (χ3n) is 3.80. The molecule has 1 heterocycles. The molecule has 122 valence electrons. The van der Waals surface area contributed by atoms with E-state index in [2.05, 4.69) is 20.8 Å². The molecule has 3 rings (SSSR count). The Balaban J connectivity index is 1.59. The number of hydrazone groups is 1. The van der Waals surface area contributed by atoms with Crippen LogP contribution < -0.4 is 10.7 Å². The van der Waals surface area contributed by atoms with Crippen molar-refractivity contribution < 1.29 is 4.79 Å². The maximum absolute atomic E-state index is 11.9. The predicted octanol–water partition coefficient (Wildman–Crippen LogP) is 3.35. The lowest BCUT2D eigenvalue weighted by molar-refractivity contribution is -0.119. The van der Waals surface area contributed by atoms with E-state index in [1.807, 2.05) is 62.4 Å². The van der Waals surface area contributed by atoms with Crippen molar-refractivity contribution in [3.8, 4) is 0 Å². The van der Waals surface area contributed by atoms with Crippen LogP contribution >= 0.6 is 0 Å². The minimum absolute atomic E-state index is 0.174. The van der Waals surface area contributed by atoms with Crippen LogP contribution in [0.25, 0.3) is 10.9 Å². The van der Waals surface area contributed by atoms with Crippen LogP contribution in [0.5, 0.6) is 0 Å². The highest BCUT2D eigenvalue weighted by atomic mass is 16.2. The molecule has 0 fully saturated rings. The van der Waals surface area contributed by atoms with Gasteiger partial charge in [-0.1, -0.05) is 30.3 Å². The van der Waals surface area contributed by atoms with E-state index < -0.39 is 0 Å². The molecule has 0 saturated heterocycles. The second-order valence-electron chi connectivity index (χ2n) is 5.73. The lowest BCUT2D eigenvalue weighted by atomic mass is 10.1. The van der Waals surface area contributed by atoms with Crippen LogP contribution in [-0.4, -0.2) is 23.7 Å². The quantitative estimate of drug-likeness (QED) is 0.498. The number of H-pyrrole nitrogens is 1. The molecule has 24 heavy (non-hydrogen) atoms. The number of fused-ring (bicyclic) bond motifs is 1. The molecule has 0 spiro atoms. The zero-order valence-corrected chi connectivity index (χ0v) is 13.8. The summed E-state index contributed by atoms with van der Waals surface area (Å²) in [6, 6.07) is 15.9. The van der Waals surface area contributed by atoms with Crippen molar-refractivity contribution in [1.29, 1.82) is 0 Å². The van der Waals surface area contributed by atoms with Gasteiger partial charge in [0.2, 0.25) is 0 Å². The van der Waals surface area contributed by atoms with Crippen LogP contribution in [0.4, 0.5) is 5.69 Å². The fraction of sp³-hybridized carbons (Fsp3) is 0.158. The summed E-state index contributed by atoms with van der Waals surface area (Å²) in [5.74, 6) is -0.190. The Hall–Kier alpha value is -3.08. The highest BCUT2D eigenvalue weighted by Gasteiger charge is 2.05. The molecule has 5 nitrogen and oxygen atoms in total. The molecule has 1 amide bonds. The molecule has 0 atom stereocenters. The number of aromatic nitrogens is 1. The second kappa shape index (κ2) is 7.00. The Morgan fingerprint density at radius 3 is 2.83 bits per heavy atom. The SMILES string of the molecule is Cc1cccc(NCC(=O)N/N=C/c2c(C)[nH]c3ccccc23)c1. The average Bonchev–Trinajstić information content (AvgIpc) is 2.89. The molecule has 0 aliphatic rings. The highest BCUT2D eigenvalue weighted by Crippen LogP contribution is 2.19. The zero-order chi connectivity index (χ0) is 16.9. The average molecular weight is 320 g/mol. The smallest absolute Gasteiger partial charge is 0.259 e. The summed E-state index contributed by atoms with van der Waals surface area (Å²) in [7, 11) is 0. The van der Waals surface area contributed by atoms with E-state index in [4.69, 9.17) is 0 Å². The summed E-state index contributed by atoms with van der Waals surface area (Å²) in [5.41, 5.74) is 7.68.